The van der Waals surface area contributed by atoms with Gasteiger partial charge in [-0.3, -0.25) is 0 Å². The molecule has 0 saturated heterocycles. The Morgan fingerprint density at radius 3 is 2.79 bits per heavy atom. The lowest BCUT2D eigenvalue weighted by Crippen LogP contribution is -2.29. The van der Waals surface area contributed by atoms with Crippen molar-refractivity contribution in [3.63, 3.8) is 0 Å². The molecule has 0 bridgehead atoms. The Morgan fingerprint density at radius 2 is 2.00 bits per heavy atom. The highest BCUT2D eigenvalue weighted by Gasteiger charge is 2.24. The molecular formula is C14H19N5. The van der Waals surface area contributed by atoms with Gasteiger partial charge in [0.2, 0.25) is 0 Å². The van der Waals surface area contributed by atoms with E-state index in [-0.39, 0.29) is 5.54 Å². The smallest absolute Gasteiger partial charge is 0.171 e. The topological polar surface area (TPSA) is 46.8 Å². The van der Waals surface area contributed by atoms with Gasteiger partial charge in [-0.15, -0.1) is 5.10 Å². The van der Waals surface area contributed by atoms with E-state index in [0.717, 1.165) is 25.3 Å². The van der Waals surface area contributed by atoms with E-state index in [4.69, 9.17) is 0 Å². The van der Waals surface area contributed by atoms with E-state index in [2.05, 4.69) is 65.5 Å². The predicted molar refractivity (Wildman–Crippen MR) is 74.0 cm³/mol. The van der Waals surface area contributed by atoms with Crippen LogP contribution >= 0.6 is 0 Å². The van der Waals surface area contributed by atoms with Gasteiger partial charge in [-0.2, -0.15) is 0 Å². The molecule has 0 fully saturated rings. The molecule has 1 aliphatic heterocycles. The molecule has 2 aromatic rings. The summed E-state index contributed by atoms with van der Waals surface area (Å²) in [5.74, 6) is 0.921. The molecular weight excluding hydrogens is 238 g/mol. The number of rotatable bonds is 2. The number of anilines is 1. The highest BCUT2D eigenvalue weighted by molar-refractivity contribution is 5.57. The van der Waals surface area contributed by atoms with Crippen LogP contribution in [0.4, 0.5) is 5.69 Å². The van der Waals surface area contributed by atoms with Crippen LogP contribution in [0.3, 0.4) is 0 Å². The summed E-state index contributed by atoms with van der Waals surface area (Å²) in [6, 6.07) is 8.56. The molecule has 1 aromatic heterocycles. The summed E-state index contributed by atoms with van der Waals surface area (Å²) in [6.07, 6.45) is 1.10. The Kier molecular flexibility index (Phi) is 2.77. The van der Waals surface area contributed by atoms with E-state index in [1.54, 1.807) is 0 Å². The van der Waals surface area contributed by atoms with Gasteiger partial charge in [-0.1, -0.05) is 18.2 Å². The van der Waals surface area contributed by atoms with Crippen molar-refractivity contribution in [3.8, 4) is 0 Å². The number of para-hydroxylation sites is 1. The van der Waals surface area contributed by atoms with Crippen molar-refractivity contribution in [2.24, 2.45) is 0 Å². The number of benzene rings is 1. The fourth-order valence-corrected chi connectivity index (χ4v) is 2.57. The first-order valence-corrected chi connectivity index (χ1v) is 6.66. The van der Waals surface area contributed by atoms with E-state index in [0.29, 0.717) is 0 Å². The first-order chi connectivity index (χ1) is 9.05. The van der Waals surface area contributed by atoms with Crippen molar-refractivity contribution in [3.05, 3.63) is 35.7 Å². The molecule has 5 nitrogen and oxygen atoms in total. The SMILES string of the molecule is CC(C)(C)n1nnnc1CN1CCc2ccccc21. The number of nitrogens with zero attached hydrogens (tertiary/aromatic N) is 5. The van der Waals surface area contributed by atoms with Crippen LogP contribution in [0.1, 0.15) is 32.2 Å². The molecule has 0 spiro atoms. The number of tetrazole rings is 1. The predicted octanol–water partition coefficient (Wildman–Crippen LogP) is 1.99. The fraction of sp³-hybridized carbons (Fsp3) is 0.500. The molecule has 0 saturated carbocycles. The van der Waals surface area contributed by atoms with Gasteiger partial charge >= 0.3 is 0 Å². The van der Waals surface area contributed by atoms with Crippen molar-refractivity contribution >= 4 is 5.69 Å². The summed E-state index contributed by atoms with van der Waals surface area (Å²) < 4.78 is 1.91. The highest BCUT2D eigenvalue weighted by Crippen LogP contribution is 2.28. The summed E-state index contributed by atoms with van der Waals surface area (Å²) in [6.45, 7) is 8.15. The minimum absolute atomic E-state index is 0.0852. The number of fused-ring (bicyclic) bond motifs is 1. The average Bonchev–Trinajstić information content (AvgIpc) is 2.97. The number of aromatic nitrogens is 4. The molecule has 0 unspecified atom stereocenters. The second-order valence-electron chi connectivity index (χ2n) is 5.98. The molecule has 1 aromatic carbocycles. The minimum atomic E-state index is -0.0852. The van der Waals surface area contributed by atoms with Crippen molar-refractivity contribution in [2.45, 2.75) is 39.3 Å². The second kappa shape index (κ2) is 4.33. The van der Waals surface area contributed by atoms with Crippen LogP contribution in [0.25, 0.3) is 0 Å². The normalized spacial score (nSPS) is 14.8. The molecule has 3 rings (SSSR count). The quantitative estimate of drug-likeness (QED) is 0.825. The minimum Gasteiger partial charge on any atom is -0.363 e. The molecule has 1 aliphatic rings. The molecule has 0 radical (unpaired) electrons. The van der Waals surface area contributed by atoms with Gasteiger partial charge in [0.1, 0.15) is 0 Å². The Labute approximate surface area is 113 Å². The average molecular weight is 257 g/mol. The van der Waals surface area contributed by atoms with Crippen LogP contribution in [0.2, 0.25) is 0 Å². The number of hydrogen-bond acceptors (Lipinski definition) is 4. The molecule has 100 valence electrons. The van der Waals surface area contributed by atoms with Crippen LogP contribution in [-0.2, 0) is 18.5 Å². The molecule has 5 heteroatoms. The van der Waals surface area contributed by atoms with Gasteiger partial charge in [0, 0.05) is 12.2 Å². The zero-order valence-corrected chi connectivity index (χ0v) is 11.7. The first kappa shape index (κ1) is 12.1. The van der Waals surface area contributed by atoms with Gasteiger partial charge in [0.15, 0.2) is 5.82 Å². The number of hydrogen-bond donors (Lipinski definition) is 0. The van der Waals surface area contributed by atoms with Gasteiger partial charge in [-0.05, 0) is 49.2 Å². The molecule has 0 atom stereocenters. The third-order valence-corrected chi connectivity index (χ3v) is 3.49. The maximum atomic E-state index is 4.18. The molecule has 0 amide bonds. The van der Waals surface area contributed by atoms with Gasteiger partial charge < -0.3 is 4.90 Å². The fourth-order valence-electron chi connectivity index (χ4n) is 2.57. The molecule has 19 heavy (non-hydrogen) atoms. The monoisotopic (exact) mass is 257 g/mol. The van der Waals surface area contributed by atoms with Crippen molar-refractivity contribution < 1.29 is 0 Å². The third kappa shape index (κ3) is 2.20. The zero-order chi connectivity index (χ0) is 13.5. The van der Waals surface area contributed by atoms with Gasteiger partial charge in [-0.25, -0.2) is 4.68 Å². The van der Waals surface area contributed by atoms with Crippen molar-refractivity contribution in [2.75, 3.05) is 11.4 Å². The summed E-state index contributed by atoms with van der Waals surface area (Å²) in [4.78, 5) is 2.35. The van der Waals surface area contributed by atoms with E-state index < -0.39 is 0 Å². The Morgan fingerprint density at radius 1 is 1.21 bits per heavy atom. The lowest BCUT2D eigenvalue weighted by molar-refractivity contribution is 0.334. The summed E-state index contributed by atoms with van der Waals surface area (Å²) in [5.41, 5.74) is 2.64. The summed E-state index contributed by atoms with van der Waals surface area (Å²) in [7, 11) is 0. The van der Waals surface area contributed by atoms with Gasteiger partial charge in [0.25, 0.3) is 0 Å². The summed E-state index contributed by atoms with van der Waals surface area (Å²) in [5, 5.41) is 12.1. The van der Waals surface area contributed by atoms with E-state index >= 15 is 0 Å². The van der Waals surface area contributed by atoms with E-state index in [1.807, 2.05) is 4.68 Å². The first-order valence-electron chi connectivity index (χ1n) is 6.66. The Balaban J connectivity index is 1.86. The third-order valence-electron chi connectivity index (χ3n) is 3.49. The Hall–Kier alpha value is -1.91. The van der Waals surface area contributed by atoms with Crippen LogP contribution < -0.4 is 4.90 Å². The Bertz CT molecular complexity index is 582. The van der Waals surface area contributed by atoms with Crippen LogP contribution in [0.15, 0.2) is 24.3 Å². The molecule has 0 N–H and O–H groups in total. The van der Waals surface area contributed by atoms with Gasteiger partial charge in [0.05, 0.1) is 12.1 Å². The zero-order valence-electron chi connectivity index (χ0n) is 11.7. The van der Waals surface area contributed by atoms with E-state index in [9.17, 15) is 0 Å². The lowest BCUT2D eigenvalue weighted by Gasteiger charge is -2.23. The van der Waals surface area contributed by atoms with Crippen LogP contribution in [-0.4, -0.2) is 26.8 Å². The second-order valence-corrected chi connectivity index (χ2v) is 5.98. The maximum absolute atomic E-state index is 4.18. The van der Waals surface area contributed by atoms with E-state index in [1.165, 1.54) is 11.3 Å². The van der Waals surface area contributed by atoms with Crippen LogP contribution in [0.5, 0.6) is 0 Å². The van der Waals surface area contributed by atoms with Crippen molar-refractivity contribution in [1.29, 1.82) is 0 Å². The molecule has 0 aliphatic carbocycles. The summed E-state index contributed by atoms with van der Waals surface area (Å²) >= 11 is 0. The van der Waals surface area contributed by atoms with Crippen LogP contribution in [0, 0.1) is 0 Å². The lowest BCUT2D eigenvalue weighted by atomic mass is 10.1. The largest absolute Gasteiger partial charge is 0.363 e. The van der Waals surface area contributed by atoms with Crippen molar-refractivity contribution in [1.82, 2.24) is 20.2 Å². The highest BCUT2D eigenvalue weighted by atomic mass is 15.6. The standard InChI is InChI=1S/C14H19N5/c1-14(2,3)19-13(15-16-17-19)10-18-9-8-11-6-4-5-7-12(11)18/h4-7H,8-10H2,1-3H3. The maximum Gasteiger partial charge on any atom is 0.171 e. The molecule has 2 heterocycles.